The summed E-state index contributed by atoms with van der Waals surface area (Å²) in [5.74, 6) is 5.39. The highest BCUT2D eigenvalue weighted by Crippen LogP contribution is 2.59. The van der Waals surface area contributed by atoms with E-state index in [1.54, 1.807) is 7.11 Å². The molecular weight excluding hydrogens is 258 g/mol. The van der Waals surface area contributed by atoms with Gasteiger partial charge in [-0.1, -0.05) is 17.7 Å². The maximum Gasteiger partial charge on any atom is 0.123 e. The molecule has 0 aromatic heterocycles. The van der Waals surface area contributed by atoms with E-state index in [1.807, 2.05) is 0 Å². The molecule has 4 saturated carbocycles. The van der Waals surface area contributed by atoms with Gasteiger partial charge >= 0.3 is 0 Å². The van der Waals surface area contributed by atoms with Crippen molar-refractivity contribution in [1.29, 1.82) is 0 Å². The van der Waals surface area contributed by atoms with E-state index in [2.05, 4.69) is 25.1 Å². The lowest BCUT2D eigenvalue weighted by molar-refractivity contribution is -0.0473. The summed E-state index contributed by atoms with van der Waals surface area (Å²) in [5.41, 5.74) is 9.30. The van der Waals surface area contributed by atoms with Gasteiger partial charge in [-0.3, -0.25) is 0 Å². The Kier molecular flexibility index (Phi) is 3.25. The van der Waals surface area contributed by atoms with Crippen LogP contribution < -0.4 is 10.5 Å². The number of aryl methyl sites for hydroxylation is 1. The Morgan fingerprint density at radius 1 is 1.05 bits per heavy atom. The van der Waals surface area contributed by atoms with Crippen molar-refractivity contribution in [3.63, 3.8) is 0 Å². The Morgan fingerprint density at radius 3 is 2.24 bits per heavy atom. The molecule has 1 atom stereocenters. The van der Waals surface area contributed by atoms with Crippen molar-refractivity contribution in [2.45, 2.75) is 45.1 Å². The molecule has 2 heteroatoms. The third-order valence-electron chi connectivity index (χ3n) is 6.46. The zero-order valence-corrected chi connectivity index (χ0v) is 13.2. The number of benzene rings is 1. The van der Waals surface area contributed by atoms with Crippen LogP contribution in [0.15, 0.2) is 18.2 Å². The summed E-state index contributed by atoms with van der Waals surface area (Å²) in [7, 11) is 1.76. The molecule has 5 rings (SSSR count). The van der Waals surface area contributed by atoms with E-state index in [1.165, 1.54) is 43.2 Å². The number of ether oxygens (including phenoxy) is 1. The molecule has 0 aliphatic heterocycles. The molecule has 114 valence electrons. The quantitative estimate of drug-likeness (QED) is 0.908. The van der Waals surface area contributed by atoms with Gasteiger partial charge in [0.1, 0.15) is 5.75 Å². The minimum atomic E-state index is 0.148. The average molecular weight is 285 g/mol. The van der Waals surface area contributed by atoms with Crippen molar-refractivity contribution in [2.24, 2.45) is 35.3 Å². The molecule has 2 N–H and O–H groups in total. The van der Waals surface area contributed by atoms with Crippen molar-refractivity contribution >= 4 is 0 Å². The fourth-order valence-electron chi connectivity index (χ4n) is 5.88. The first-order valence-electron chi connectivity index (χ1n) is 8.55. The second kappa shape index (κ2) is 5.01. The molecule has 4 fully saturated rings. The highest BCUT2D eigenvalue weighted by atomic mass is 16.5. The Bertz CT molecular complexity index is 510. The van der Waals surface area contributed by atoms with E-state index in [0.29, 0.717) is 5.92 Å². The van der Waals surface area contributed by atoms with Gasteiger partial charge in [0, 0.05) is 11.6 Å². The SMILES string of the molecule is COc1ccc(C)cc1C(N)C1C2CC3CC(C2)CC1C3. The number of methoxy groups -OCH3 is 1. The van der Waals surface area contributed by atoms with Crippen LogP contribution in [0.1, 0.15) is 49.3 Å². The van der Waals surface area contributed by atoms with Gasteiger partial charge in [0.05, 0.1) is 7.11 Å². The fraction of sp³-hybridized carbons (Fsp3) is 0.684. The number of nitrogens with two attached hydrogens (primary N) is 1. The third kappa shape index (κ3) is 2.19. The van der Waals surface area contributed by atoms with E-state index >= 15 is 0 Å². The monoisotopic (exact) mass is 285 g/mol. The van der Waals surface area contributed by atoms with Crippen molar-refractivity contribution in [1.82, 2.24) is 0 Å². The molecule has 0 saturated heterocycles. The van der Waals surface area contributed by atoms with E-state index in [0.717, 1.165) is 29.4 Å². The van der Waals surface area contributed by atoms with Crippen LogP contribution in [0.2, 0.25) is 0 Å². The maximum absolute atomic E-state index is 6.79. The third-order valence-corrected chi connectivity index (χ3v) is 6.46. The molecule has 1 aromatic carbocycles. The van der Waals surface area contributed by atoms with Gasteiger partial charge in [0.15, 0.2) is 0 Å². The number of hydrogen-bond donors (Lipinski definition) is 1. The first-order chi connectivity index (χ1) is 10.2. The predicted molar refractivity (Wildman–Crippen MR) is 85.2 cm³/mol. The molecule has 0 amide bonds. The molecule has 0 radical (unpaired) electrons. The minimum absolute atomic E-state index is 0.148. The fourth-order valence-corrected chi connectivity index (χ4v) is 5.88. The smallest absolute Gasteiger partial charge is 0.123 e. The normalized spacial score (nSPS) is 38.5. The summed E-state index contributed by atoms with van der Waals surface area (Å²) in [6, 6.07) is 6.59. The summed E-state index contributed by atoms with van der Waals surface area (Å²) >= 11 is 0. The highest BCUT2D eigenvalue weighted by molar-refractivity contribution is 5.39. The molecule has 1 aromatic rings. The lowest BCUT2D eigenvalue weighted by Crippen LogP contribution is -2.48. The van der Waals surface area contributed by atoms with Gasteiger partial charge in [-0.15, -0.1) is 0 Å². The van der Waals surface area contributed by atoms with Gasteiger partial charge in [0.2, 0.25) is 0 Å². The van der Waals surface area contributed by atoms with Gasteiger partial charge in [0.25, 0.3) is 0 Å². The maximum atomic E-state index is 6.79. The topological polar surface area (TPSA) is 35.2 Å². The standard InChI is InChI=1S/C19H27NO/c1-11-3-4-17(21-2)16(5-11)19(20)18-14-7-12-6-13(9-14)10-15(18)8-12/h3-5,12-15,18-19H,6-10,20H2,1-2H3. The van der Waals surface area contributed by atoms with Crippen molar-refractivity contribution in [3.8, 4) is 5.75 Å². The van der Waals surface area contributed by atoms with E-state index < -0.39 is 0 Å². The van der Waals surface area contributed by atoms with Crippen LogP contribution in [-0.4, -0.2) is 7.11 Å². The van der Waals surface area contributed by atoms with Crippen LogP contribution >= 0.6 is 0 Å². The highest BCUT2D eigenvalue weighted by Gasteiger charge is 2.50. The average Bonchev–Trinajstić information content (AvgIpc) is 2.46. The van der Waals surface area contributed by atoms with Crippen molar-refractivity contribution in [2.75, 3.05) is 7.11 Å². The van der Waals surface area contributed by atoms with Crippen LogP contribution in [0.3, 0.4) is 0 Å². The zero-order chi connectivity index (χ0) is 14.6. The van der Waals surface area contributed by atoms with Gasteiger partial charge < -0.3 is 10.5 Å². The van der Waals surface area contributed by atoms with E-state index in [4.69, 9.17) is 10.5 Å². The van der Waals surface area contributed by atoms with Crippen LogP contribution in [0, 0.1) is 36.5 Å². The summed E-state index contributed by atoms with van der Waals surface area (Å²) < 4.78 is 5.58. The molecular formula is C19H27NO. The second-order valence-electron chi connectivity index (χ2n) is 7.78. The Labute approximate surface area is 128 Å². The Hall–Kier alpha value is -1.02. The lowest BCUT2D eigenvalue weighted by atomic mass is 9.50. The summed E-state index contributed by atoms with van der Waals surface area (Å²) in [4.78, 5) is 0. The van der Waals surface area contributed by atoms with Gasteiger partial charge in [-0.05, 0) is 74.7 Å². The van der Waals surface area contributed by atoms with Crippen LogP contribution in [0.5, 0.6) is 5.75 Å². The first kappa shape index (κ1) is 13.6. The Morgan fingerprint density at radius 2 is 1.67 bits per heavy atom. The van der Waals surface area contributed by atoms with E-state index in [-0.39, 0.29) is 6.04 Å². The van der Waals surface area contributed by atoms with Crippen LogP contribution in [0.4, 0.5) is 0 Å². The summed E-state index contributed by atoms with van der Waals surface area (Å²) in [6.45, 7) is 2.15. The molecule has 0 heterocycles. The largest absolute Gasteiger partial charge is 0.496 e. The first-order valence-corrected chi connectivity index (χ1v) is 8.55. The lowest BCUT2D eigenvalue weighted by Gasteiger charge is -2.56. The van der Waals surface area contributed by atoms with Crippen LogP contribution in [-0.2, 0) is 0 Å². The molecule has 2 nitrogen and oxygen atoms in total. The Balaban J connectivity index is 1.66. The molecule has 0 spiro atoms. The zero-order valence-electron chi connectivity index (χ0n) is 13.2. The second-order valence-corrected chi connectivity index (χ2v) is 7.78. The van der Waals surface area contributed by atoms with Gasteiger partial charge in [-0.25, -0.2) is 0 Å². The molecule has 1 unspecified atom stereocenters. The predicted octanol–water partition coefficient (Wildman–Crippen LogP) is 4.08. The van der Waals surface area contributed by atoms with Gasteiger partial charge in [-0.2, -0.15) is 0 Å². The minimum Gasteiger partial charge on any atom is -0.496 e. The van der Waals surface area contributed by atoms with Crippen molar-refractivity contribution in [3.05, 3.63) is 29.3 Å². The molecule has 4 bridgehead atoms. The summed E-state index contributed by atoms with van der Waals surface area (Å²) in [5, 5.41) is 0. The van der Waals surface area contributed by atoms with E-state index in [9.17, 15) is 0 Å². The molecule has 4 aliphatic carbocycles. The van der Waals surface area contributed by atoms with Crippen LogP contribution in [0.25, 0.3) is 0 Å². The summed E-state index contributed by atoms with van der Waals surface area (Å²) in [6.07, 6.45) is 7.22. The van der Waals surface area contributed by atoms with Crippen molar-refractivity contribution < 1.29 is 4.74 Å². The number of rotatable bonds is 3. The molecule has 21 heavy (non-hydrogen) atoms. The molecule has 4 aliphatic rings. The number of hydrogen-bond acceptors (Lipinski definition) is 2.